The van der Waals surface area contributed by atoms with Gasteiger partial charge in [0.1, 0.15) is 11.9 Å². The summed E-state index contributed by atoms with van der Waals surface area (Å²) in [6.45, 7) is 9.53. The molecule has 1 atom stereocenters. The molecule has 0 saturated heterocycles. The van der Waals surface area contributed by atoms with E-state index in [1.165, 1.54) is 12.1 Å². The molecule has 3 rings (SSSR count). The largest absolute Gasteiger partial charge is 0.321 e. The Labute approximate surface area is 168 Å². The van der Waals surface area contributed by atoms with Gasteiger partial charge in [-0.05, 0) is 52.3 Å². The van der Waals surface area contributed by atoms with Gasteiger partial charge in [0.05, 0.1) is 40.0 Å². The van der Waals surface area contributed by atoms with Crippen LogP contribution in [0.15, 0.2) is 24.3 Å². The minimum absolute atomic E-state index is 0.209. The average molecular weight is 404 g/mol. The number of hydrogen-bond acceptors (Lipinski definition) is 3. The Morgan fingerprint density at radius 3 is 2.50 bits per heavy atom. The fraction of sp³-hybridized carbons (Fsp3) is 0.350. The fourth-order valence-corrected chi connectivity index (χ4v) is 3.32. The summed E-state index contributed by atoms with van der Waals surface area (Å²) in [4.78, 5) is 12.8. The maximum Gasteiger partial charge on any atom is 0.249 e. The normalized spacial score (nSPS) is 12.2. The molecule has 148 valence electrons. The van der Waals surface area contributed by atoms with Gasteiger partial charge in [-0.1, -0.05) is 23.7 Å². The predicted molar refractivity (Wildman–Crippen MR) is 107 cm³/mol. The van der Waals surface area contributed by atoms with E-state index in [1.807, 2.05) is 26.8 Å². The van der Waals surface area contributed by atoms with Crippen LogP contribution in [0, 0.1) is 33.5 Å². The number of aromatic nitrogens is 4. The lowest BCUT2D eigenvalue weighted by Gasteiger charge is -2.15. The first-order valence-corrected chi connectivity index (χ1v) is 9.37. The van der Waals surface area contributed by atoms with Crippen molar-refractivity contribution < 1.29 is 9.18 Å². The fourth-order valence-electron chi connectivity index (χ4n) is 3.20. The lowest BCUT2D eigenvalue weighted by molar-refractivity contribution is -0.119. The molecule has 28 heavy (non-hydrogen) atoms. The molecule has 6 nitrogen and oxygen atoms in total. The summed E-state index contributed by atoms with van der Waals surface area (Å²) in [5.74, 6) is -0.497. The van der Waals surface area contributed by atoms with Gasteiger partial charge in [0, 0.05) is 0 Å². The van der Waals surface area contributed by atoms with Crippen molar-refractivity contribution in [3.63, 3.8) is 0 Å². The molecule has 3 aromatic rings. The first kappa shape index (κ1) is 20.1. The SMILES string of the molecule is Cc1nn(C(C)C(=O)Nc2c(C)nn(Cc3cccc(F)c3)c2C)c(C)c1Cl. The molecular formula is C20H23ClFN5O. The van der Waals surface area contributed by atoms with Crippen molar-refractivity contribution in [3.8, 4) is 0 Å². The molecule has 0 spiro atoms. The predicted octanol–water partition coefficient (Wildman–Crippen LogP) is 4.35. The zero-order chi connectivity index (χ0) is 20.6. The minimum Gasteiger partial charge on any atom is -0.321 e. The highest BCUT2D eigenvalue weighted by Crippen LogP contribution is 2.25. The van der Waals surface area contributed by atoms with E-state index in [-0.39, 0.29) is 11.7 Å². The van der Waals surface area contributed by atoms with Crippen LogP contribution in [-0.2, 0) is 11.3 Å². The number of nitrogens with zero attached hydrogens (tertiary/aromatic N) is 4. The van der Waals surface area contributed by atoms with E-state index < -0.39 is 6.04 Å². The summed E-state index contributed by atoms with van der Waals surface area (Å²) < 4.78 is 16.8. The van der Waals surface area contributed by atoms with Crippen molar-refractivity contribution in [3.05, 3.63) is 63.4 Å². The van der Waals surface area contributed by atoms with Gasteiger partial charge in [-0.15, -0.1) is 0 Å². The number of hydrogen-bond donors (Lipinski definition) is 1. The van der Waals surface area contributed by atoms with Gasteiger partial charge in [0.2, 0.25) is 5.91 Å². The van der Waals surface area contributed by atoms with Gasteiger partial charge in [0.25, 0.3) is 0 Å². The standard InChI is InChI=1S/C20H23ClFN5O/c1-11-18(21)13(3)27(25-11)15(5)20(28)23-19-12(2)24-26(14(19)4)10-16-7-6-8-17(22)9-16/h6-9,15H,10H2,1-5H3,(H,23,28). The number of aryl methyl sites for hydroxylation is 2. The molecule has 0 aliphatic carbocycles. The number of carbonyl (C=O) groups is 1. The summed E-state index contributed by atoms with van der Waals surface area (Å²) in [5.41, 5.74) is 4.38. The van der Waals surface area contributed by atoms with Gasteiger partial charge >= 0.3 is 0 Å². The van der Waals surface area contributed by atoms with E-state index in [9.17, 15) is 9.18 Å². The van der Waals surface area contributed by atoms with Crippen molar-refractivity contribution in [2.24, 2.45) is 0 Å². The number of halogens is 2. The van der Waals surface area contributed by atoms with Crippen LogP contribution in [0.3, 0.4) is 0 Å². The van der Waals surface area contributed by atoms with E-state index in [2.05, 4.69) is 15.5 Å². The number of rotatable bonds is 5. The summed E-state index contributed by atoms with van der Waals surface area (Å²) in [5, 5.41) is 12.4. The van der Waals surface area contributed by atoms with Gasteiger partial charge in [-0.3, -0.25) is 14.2 Å². The van der Waals surface area contributed by atoms with Crippen LogP contribution in [0.4, 0.5) is 10.1 Å². The highest BCUT2D eigenvalue weighted by Gasteiger charge is 2.23. The smallest absolute Gasteiger partial charge is 0.249 e. The van der Waals surface area contributed by atoms with E-state index in [0.717, 1.165) is 17.0 Å². The van der Waals surface area contributed by atoms with Crippen LogP contribution in [0.2, 0.25) is 5.02 Å². The first-order valence-electron chi connectivity index (χ1n) is 8.99. The van der Waals surface area contributed by atoms with Gasteiger partial charge in [0.15, 0.2) is 0 Å². The Kier molecular flexibility index (Phi) is 5.56. The molecule has 1 N–H and O–H groups in total. The quantitative estimate of drug-likeness (QED) is 0.688. The second kappa shape index (κ2) is 7.75. The van der Waals surface area contributed by atoms with Crippen molar-refractivity contribution >= 4 is 23.2 Å². The van der Waals surface area contributed by atoms with Gasteiger partial charge in [-0.2, -0.15) is 10.2 Å². The zero-order valence-corrected chi connectivity index (χ0v) is 17.3. The number of carbonyl (C=O) groups excluding carboxylic acids is 1. The second-order valence-corrected chi connectivity index (χ2v) is 7.31. The molecule has 2 heterocycles. The van der Waals surface area contributed by atoms with E-state index >= 15 is 0 Å². The Morgan fingerprint density at radius 2 is 1.89 bits per heavy atom. The number of amides is 1. The molecule has 0 aliphatic heterocycles. The van der Waals surface area contributed by atoms with Crippen molar-refractivity contribution in [2.75, 3.05) is 5.32 Å². The Bertz CT molecular complexity index is 1040. The Morgan fingerprint density at radius 1 is 1.18 bits per heavy atom. The molecule has 1 unspecified atom stereocenters. The second-order valence-electron chi connectivity index (χ2n) is 6.93. The van der Waals surface area contributed by atoms with E-state index in [1.54, 1.807) is 29.3 Å². The third-order valence-electron chi connectivity index (χ3n) is 4.83. The molecule has 0 aliphatic rings. The average Bonchev–Trinajstić information content (AvgIpc) is 3.05. The molecule has 0 saturated carbocycles. The number of nitrogens with one attached hydrogen (secondary N) is 1. The summed E-state index contributed by atoms with van der Waals surface area (Å²) in [6, 6.07) is 5.86. The third-order valence-corrected chi connectivity index (χ3v) is 5.38. The lowest BCUT2D eigenvalue weighted by atomic mass is 10.2. The van der Waals surface area contributed by atoms with Gasteiger partial charge in [-0.25, -0.2) is 4.39 Å². The first-order chi connectivity index (χ1) is 13.2. The van der Waals surface area contributed by atoms with Crippen LogP contribution in [0.1, 0.15) is 41.3 Å². The molecule has 1 aromatic carbocycles. The van der Waals surface area contributed by atoms with Crippen molar-refractivity contribution in [1.82, 2.24) is 19.6 Å². The minimum atomic E-state index is -0.531. The Balaban J connectivity index is 1.81. The van der Waals surface area contributed by atoms with Crippen LogP contribution < -0.4 is 5.32 Å². The highest BCUT2D eigenvalue weighted by molar-refractivity contribution is 6.31. The van der Waals surface area contributed by atoms with Crippen LogP contribution >= 0.6 is 11.6 Å². The lowest BCUT2D eigenvalue weighted by Crippen LogP contribution is -2.25. The zero-order valence-electron chi connectivity index (χ0n) is 16.5. The number of benzene rings is 1. The highest BCUT2D eigenvalue weighted by atomic mass is 35.5. The van der Waals surface area contributed by atoms with Crippen LogP contribution in [-0.4, -0.2) is 25.5 Å². The molecule has 0 fully saturated rings. The maximum atomic E-state index is 13.4. The van der Waals surface area contributed by atoms with Crippen LogP contribution in [0.25, 0.3) is 0 Å². The monoisotopic (exact) mass is 403 g/mol. The third kappa shape index (κ3) is 3.80. The Hall–Kier alpha value is -2.67. The summed E-state index contributed by atoms with van der Waals surface area (Å²) in [6.07, 6.45) is 0. The maximum absolute atomic E-state index is 13.4. The van der Waals surface area contributed by atoms with Crippen LogP contribution in [0.5, 0.6) is 0 Å². The molecule has 2 aromatic heterocycles. The topological polar surface area (TPSA) is 64.7 Å². The van der Waals surface area contributed by atoms with E-state index in [4.69, 9.17) is 11.6 Å². The molecule has 0 bridgehead atoms. The molecule has 1 amide bonds. The summed E-state index contributed by atoms with van der Waals surface area (Å²) in [7, 11) is 0. The van der Waals surface area contributed by atoms with Crippen molar-refractivity contribution in [1.29, 1.82) is 0 Å². The van der Waals surface area contributed by atoms with E-state index in [0.29, 0.717) is 28.6 Å². The molecule has 0 radical (unpaired) electrons. The number of anilines is 1. The summed E-state index contributed by atoms with van der Waals surface area (Å²) >= 11 is 6.19. The van der Waals surface area contributed by atoms with Crippen molar-refractivity contribution in [2.45, 2.75) is 47.2 Å². The van der Waals surface area contributed by atoms with Gasteiger partial charge < -0.3 is 5.32 Å². The molecule has 8 heteroatoms. The molecular weight excluding hydrogens is 381 g/mol.